The number of halogens is 1. The van der Waals surface area contributed by atoms with Gasteiger partial charge < -0.3 is 9.26 Å². The zero-order valence-electron chi connectivity index (χ0n) is 12.6. The van der Waals surface area contributed by atoms with Gasteiger partial charge in [0.2, 0.25) is 0 Å². The molecule has 5 nitrogen and oxygen atoms in total. The van der Waals surface area contributed by atoms with Gasteiger partial charge in [0, 0.05) is 11.2 Å². The number of carbonyl (C=O) groups excluding carboxylic acids is 1. The molecule has 0 radical (unpaired) electrons. The Bertz CT molecular complexity index is 507. The molecule has 1 N–H and O–H groups in total. The number of rotatable bonds is 7. The van der Waals surface area contributed by atoms with E-state index in [1.165, 1.54) is 0 Å². The fourth-order valence-electron chi connectivity index (χ4n) is 1.59. The van der Waals surface area contributed by atoms with Crippen molar-refractivity contribution >= 4 is 24.1 Å². The maximum Gasteiger partial charge on any atom is 0.409 e. The number of para-hydroxylation sites is 1. The van der Waals surface area contributed by atoms with Crippen molar-refractivity contribution in [2.45, 2.75) is 39.8 Å². The van der Waals surface area contributed by atoms with Crippen LogP contribution in [0.4, 0.5) is 0 Å². The molecule has 0 heterocycles. The molecule has 21 heavy (non-hydrogen) atoms. The topological polar surface area (TPSA) is 64.6 Å². The van der Waals surface area contributed by atoms with Gasteiger partial charge in [-0.05, 0) is 31.9 Å². The summed E-state index contributed by atoms with van der Waals surface area (Å²) in [6.07, 6.45) is -0.259. The Morgan fingerprint density at radius 3 is 2.24 bits per heavy atom. The third-order valence-corrected chi connectivity index (χ3v) is 4.06. The molecule has 0 fully saturated rings. The highest BCUT2D eigenvalue weighted by molar-refractivity contribution is 7.84. The number of hydrogen-bond acceptors (Lipinski definition) is 4. The molecule has 0 aliphatic carbocycles. The summed E-state index contributed by atoms with van der Waals surface area (Å²) in [6, 6.07) is 7.73. The van der Waals surface area contributed by atoms with Crippen LogP contribution in [0.15, 0.2) is 30.3 Å². The van der Waals surface area contributed by atoms with Crippen LogP contribution in [-0.2, 0) is 14.1 Å². The standard InChI is InChI=1S/C14H21ClNO4P/c1-10(2)13(14(17)19-11(3)4)16-21(15,18)20-12-8-6-5-7-9-12/h5-11,13H,1-4H3,(H,16,18)/t13-,21?/m0/s1. The largest absolute Gasteiger partial charge is 0.462 e. The highest BCUT2D eigenvalue weighted by Crippen LogP contribution is 2.49. The summed E-state index contributed by atoms with van der Waals surface area (Å²) in [5.74, 6) is -0.289. The predicted octanol–water partition coefficient (Wildman–Crippen LogP) is 3.98. The minimum Gasteiger partial charge on any atom is -0.462 e. The van der Waals surface area contributed by atoms with Crippen molar-refractivity contribution in [3.63, 3.8) is 0 Å². The third kappa shape index (κ3) is 6.51. The van der Waals surface area contributed by atoms with Gasteiger partial charge in [0.25, 0.3) is 0 Å². The van der Waals surface area contributed by atoms with Crippen LogP contribution in [0.3, 0.4) is 0 Å². The van der Waals surface area contributed by atoms with Crippen molar-refractivity contribution in [3.8, 4) is 5.75 Å². The highest BCUT2D eigenvalue weighted by Gasteiger charge is 2.33. The highest BCUT2D eigenvalue weighted by atomic mass is 35.7. The first-order valence-electron chi connectivity index (χ1n) is 6.74. The molecule has 1 rings (SSSR count). The van der Waals surface area contributed by atoms with Gasteiger partial charge in [0.05, 0.1) is 6.10 Å². The van der Waals surface area contributed by atoms with Crippen LogP contribution >= 0.6 is 18.1 Å². The predicted molar refractivity (Wildman–Crippen MR) is 83.5 cm³/mol. The van der Waals surface area contributed by atoms with E-state index in [1.54, 1.807) is 58.0 Å². The van der Waals surface area contributed by atoms with E-state index < -0.39 is 18.9 Å². The first kappa shape index (κ1) is 18.0. The molecule has 2 atom stereocenters. The Balaban J connectivity index is 2.77. The molecule has 0 saturated heterocycles. The van der Waals surface area contributed by atoms with E-state index in [9.17, 15) is 9.36 Å². The lowest BCUT2D eigenvalue weighted by atomic mass is 10.1. The molecular formula is C14H21ClNO4P. The zero-order chi connectivity index (χ0) is 16.0. The molecular weight excluding hydrogens is 313 g/mol. The van der Waals surface area contributed by atoms with Gasteiger partial charge in [-0.2, -0.15) is 0 Å². The quantitative estimate of drug-likeness (QED) is 0.604. The molecule has 0 amide bonds. The fraction of sp³-hybridized carbons (Fsp3) is 0.500. The number of benzene rings is 1. The number of ether oxygens (including phenoxy) is 1. The molecule has 0 aliphatic rings. The molecule has 118 valence electrons. The van der Waals surface area contributed by atoms with Crippen LogP contribution in [0.1, 0.15) is 27.7 Å². The van der Waals surface area contributed by atoms with Crippen LogP contribution in [-0.4, -0.2) is 18.1 Å². The van der Waals surface area contributed by atoms with Crippen molar-refractivity contribution < 1.29 is 18.6 Å². The lowest BCUT2D eigenvalue weighted by Crippen LogP contribution is -2.41. The first-order valence-corrected chi connectivity index (χ1v) is 9.27. The van der Waals surface area contributed by atoms with Crippen molar-refractivity contribution in [1.29, 1.82) is 0 Å². The van der Waals surface area contributed by atoms with E-state index in [0.717, 1.165) is 0 Å². The van der Waals surface area contributed by atoms with Crippen LogP contribution < -0.4 is 9.61 Å². The summed E-state index contributed by atoms with van der Waals surface area (Å²) in [5, 5.41) is 2.57. The molecule has 0 saturated carbocycles. The van der Waals surface area contributed by atoms with Gasteiger partial charge in [-0.1, -0.05) is 32.0 Å². The smallest absolute Gasteiger partial charge is 0.409 e. The Kier molecular flexibility index (Phi) is 6.72. The average molecular weight is 334 g/mol. The summed E-state index contributed by atoms with van der Waals surface area (Å²) in [7, 11) is 0. The van der Waals surface area contributed by atoms with Gasteiger partial charge in [-0.25, -0.2) is 9.65 Å². The van der Waals surface area contributed by atoms with Gasteiger partial charge in [0.15, 0.2) is 0 Å². The van der Waals surface area contributed by atoms with Crippen molar-refractivity contribution in [1.82, 2.24) is 5.09 Å². The number of esters is 1. The molecule has 1 aromatic carbocycles. The van der Waals surface area contributed by atoms with E-state index in [2.05, 4.69) is 5.09 Å². The van der Waals surface area contributed by atoms with E-state index in [1.807, 2.05) is 0 Å². The monoisotopic (exact) mass is 333 g/mol. The second kappa shape index (κ2) is 7.83. The Hall–Kier alpha value is -1.03. The summed E-state index contributed by atoms with van der Waals surface area (Å²) in [4.78, 5) is 12.0. The molecule has 0 aliphatic heterocycles. The van der Waals surface area contributed by atoms with E-state index >= 15 is 0 Å². The van der Waals surface area contributed by atoms with Crippen LogP contribution in [0.5, 0.6) is 5.75 Å². The van der Waals surface area contributed by atoms with E-state index in [4.69, 9.17) is 20.5 Å². The van der Waals surface area contributed by atoms with E-state index in [0.29, 0.717) is 5.75 Å². The van der Waals surface area contributed by atoms with Gasteiger partial charge in [-0.3, -0.25) is 4.79 Å². The van der Waals surface area contributed by atoms with Crippen molar-refractivity contribution in [2.24, 2.45) is 5.92 Å². The normalized spacial score (nSPS) is 15.6. The van der Waals surface area contributed by atoms with Crippen LogP contribution in [0.2, 0.25) is 0 Å². The lowest BCUT2D eigenvalue weighted by Gasteiger charge is -2.24. The SMILES string of the molecule is CC(C)OC(=O)[C@@H](NP(=O)(Cl)Oc1ccccc1)C(C)C. The minimum absolute atomic E-state index is 0.150. The first-order chi connectivity index (χ1) is 9.71. The Morgan fingerprint density at radius 1 is 1.19 bits per heavy atom. The Morgan fingerprint density at radius 2 is 1.76 bits per heavy atom. The number of carbonyl (C=O) groups is 1. The molecule has 0 aromatic heterocycles. The molecule has 7 heteroatoms. The van der Waals surface area contributed by atoms with E-state index in [-0.39, 0.29) is 12.0 Å². The minimum atomic E-state index is -3.70. The van der Waals surface area contributed by atoms with Crippen molar-refractivity contribution in [3.05, 3.63) is 30.3 Å². The van der Waals surface area contributed by atoms with Gasteiger partial charge in [0.1, 0.15) is 11.8 Å². The summed E-state index contributed by atoms with van der Waals surface area (Å²) in [5.41, 5.74) is 0. The maximum absolute atomic E-state index is 12.3. The second-order valence-electron chi connectivity index (χ2n) is 5.22. The lowest BCUT2D eigenvalue weighted by molar-refractivity contribution is -0.150. The third-order valence-electron chi connectivity index (χ3n) is 2.53. The summed E-state index contributed by atoms with van der Waals surface area (Å²) >= 11 is 5.90. The number of hydrogen-bond donors (Lipinski definition) is 1. The van der Waals surface area contributed by atoms with Gasteiger partial charge >= 0.3 is 12.8 Å². The molecule has 0 bridgehead atoms. The van der Waals surface area contributed by atoms with Crippen LogP contribution in [0, 0.1) is 5.92 Å². The molecule has 1 aromatic rings. The average Bonchev–Trinajstić information content (AvgIpc) is 2.35. The summed E-state index contributed by atoms with van der Waals surface area (Å²) in [6.45, 7) is 3.40. The zero-order valence-corrected chi connectivity index (χ0v) is 14.2. The Labute approximate surface area is 130 Å². The van der Waals surface area contributed by atoms with Crippen LogP contribution in [0.25, 0.3) is 0 Å². The second-order valence-corrected chi connectivity index (χ2v) is 7.96. The molecule has 1 unspecified atom stereocenters. The van der Waals surface area contributed by atoms with Gasteiger partial charge in [-0.15, -0.1) is 0 Å². The molecule has 0 spiro atoms. The fourth-order valence-corrected chi connectivity index (χ4v) is 3.32. The maximum atomic E-state index is 12.3. The number of nitrogens with one attached hydrogen (secondary N) is 1. The summed E-state index contributed by atoms with van der Waals surface area (Å²) < 4.78 is 22.7. The van der Waals surface area contributed by atoms with Crippen molar-refractivity contribution in [2.75, 3.05) is 0 Å².